The van der Waals surface area contributed by atoms with Crippen LogP contribution >= 0.6 is 0 Å². The van der Waals surface area contributed by atoms with Crippen LogP contribution in [0.15, 0.2) is 72.1 Å². The molecule has 0 saturated heterocycles. The molecular formula is C22H22N3NaO4. The number of aliphatic carboxylic acids is 1. The van der Waals surface area contributed by atoms with Crippen molar-refractivity contribution in [2.45, 2.75) is 19.8 Å². The number of hydrogen-bond acceptors (Lipinski definition) is 6. The monoisotopic (exact) mass is 415 g/mol. The van der Waals surface area contributed by atoms with Crippen LogP contribution < -0.4 is 39.4 Å². The van der Waals surface area contributed by atoms with Gasteiger partial charge in [0, 0.05) is 30.3 Å². The predicted octanol–water partition coefficient (Wildman–Crippen LogP) is -0.622. The minimum absolute atomic E-state index is 0. The number of rotatable bonds is 10. The van der Waals surface area contributed by atoms with Crippen LogP contribution in [-0.2, 0) is 16.1 Å². The Morgan fingerprint density at radius 3 is 2.70 bits per heavy atom. The van der Waals surface area contributed by atoms with Gasteiger partial charge < -0.3 is 19.5 Å². The van der Waals surface area contributed by atoms with Crippen LogP contribution in [0.1, 0.15) is 24.5 Å². The van der Waals surface area contributed by atoms with Crippen LogP contribution in [0.25, 0.3) is 5.69 Å². The third-order valence-electron chi connectivity index (χ3n) is 4.15. The molecule has 8 heteroatoms. The fraction of sp³-hybridized carbons (Fsp3) is 0.227. The fourth-order valence-corrected chi connectivity index (χ4v) is 2.80. The Labute approximate surface area is 197 Å². The fourth-order valence-electron chi connectivity index (χ4n) is 2.80. The molecule has 0 aliphatic rings. The summed E-state index contributed by atoms with van der Waals surface area (Å²) in [5.41, 5.74) is 3.38. The first-order chi connectivity index (χ1) is 14.2. The molecule has 0 aliphatic carbocycles. The first-order valence-corrected chi connectivity index (χ1v) is 9.36. The van der Waals surface area contributed by atoms with E-state index < -0.39 is 5.97 Å². The van der Waals surface area contributed by atoms with Crippen molar-refractivity contribution in [2.24, 2.45) is 5.16 Å². The number of carboxylic acid groups (broad SMARTS) is 1. The van der Waals surface area contributed by atoms with E-state index in [1.165, 1.54) is 0 Å². The summed E-state index contributed by atoms with van der Waals surface area (Å²) in [7, 11) is 0. The summed E-state index contributed by atoms with van der Waals surface area (Å²) in [6, 6.07) is 16.7. The van der Waals surface area contributed by atoms with Gasteiger partial charge in [0.15, 0.2) is 6.61 Å². The number of ether oxygens (including phenoxy) is 1. The van der Waals surface area contributed by atoms with E-state index in [2.05, 4.69) is 10.3 Å². The van der Waals surface area contributed by atoms with Gasteiger partial charge in [-0.15, -0.1) is 0 Å². The molecule has 0 atom stereocenters. The Morgan fingerprint density at radius 2 is 1.97 bits per heavy atom. The van der Waals surface area contributed by atoms with Gasteiger partial charge >= 0.3 is 29.6 Å². The van der Waals surface area contributed by atoms with Gasteiger partial charge in [-0.05, 0) is 42.3 Å². The largest absolute Gasteiger partial charge is 1.00 e. The average molecular weight is 415 g/mol. The number of carboxylic acids is 1. The summed E-state index contributed by atoms with van der Waals surface area (Å²) in [5.74, 6) is -0.539. The first kappa shape index (κ1) is 23.7. The first-order valence-electron chi connectivity index (χ1n) is 9.36. The molecule has 2 aromatic carbocycles. The summed E-state index contributed by atoms with van der Waals surface area (Å²) in [6.07, 6.45) is 4.20. The maximum atomic E-state index is 10.7. The minimum atomic E-state index is -1.12. The van der Waals surface area contributed by atoms with E-state index in [1.54, 1.807) is 35.1 Å². The molecule has 1 heterocycles. The molecule has 7 nitrogen and oxygen atoms in total. The molecule has 0 fully saturated rings. The van der Waals surface area contributed by atoms with Gasteiger partial charge in [-0.25, -0.2) is 4.68 Å². The zero-order valence-corrected chi connectivity index (χ0v) is 19.2. The SMILES string of the molecule is CC/C(=N\OCCOc1cccc(CC(=O)[O-])c1)c1cccc(-n2cccn2)c1.[Na+]. The number of oxime groups is 1. The van der Waals surface area contributed by atoms with Crippen molar-refractivity contribution < 1.29 is 49.0 Å². The Kier molecular flexibility index (Phi) is 9.60. The zero-order valence-electron chi connectivity index (χ0n) is 17.2. The predicted molar refractivity (Wildman–Crippen MR) is 107 cm³/mol. The molecule has 1 aromatic heterocycles. The van der Waals surface area contributed by atoms with Crippen molar-refractivity contribution in [1.82, 2.24) is 9.78 Å². The molecule has 0 radical (unpaired) electrons. The van der Waals surface area contributed by atoms with E-state index in [4.69, 9.17) is 9.57 Å². The van der Waals surface area contributed by atoms with Crippen molar-refractivity contribution in [3.05, 3.63) is 78.1 Å². The summed E-state index contributed by atoms with van der Waals surface area (Å²) >= 11 is 0. The number of benzene rings is 2. The molecule has 30 heavy (non-hydrogen) atoms. The van der Waals surface area contributed by atoms with E-state index in [9.17, 15) is 9.90 Å². The molecule has 3 aromatic rings. The third-order valence-corrected chi connectivity index (χ3v) is 4.15. The average Bonchev–Trinajstić information content (AvgIpc) is 3.25. The topological polar surface area (TPSA) is 88.8 Å². The molecule has 0 amide bonds. The third kappa shape index (κ3) is 7.02. The van der Waals surface area contributed by atoms with Gasteiger partial charge in [0.2, 0.25) is 0 Å². The Morgan fingerprint density at radius 1 is 1.13 bits per heavy atom. The van der Waals surface area contributed by atoms with Gasteiger partial charge in [-0.1, -0.05) is 36.3 Å². The molecule has 0 unspecified atom stereocenters. The zero-order chi connectivity index (χ0) is 20.5. The van der Waals surface area contributed by atoms with Crippen molar-refractivity contribution in [2.75, 3.05) is 13.2 Å². The number of hydrogen-bond donors (Lipinski definition) is 0. The van der Waals surface area contributed by atoms with Crippen molar-refractivity contribution in [3.8, 4) is 11.4 Å². The Balaban J connectivity index is 0.00000320. The van der Waals surface area contributed by atoms with Gasteiger partial charge in [-0.2, -0.15) is 5.10 Å². The summed E-state index contributed by atoms with van der Waals surface area (Å²) in [4.78, 5) is 16.1. The van der Waals surface area contributed by atoms with Crippen molar-refractivity contribution >= 4 is 11.7 Å². The van der Waals surface area contributed by atoms with Gasteiger partial charge in [0.05, 0.1) is 11.4 Å². The van der Waals surface area contributed by atoms with E-state index in [0.717, 1.165) is 17.0 Å². The normalized spacial score (nSPS) is 10.9. The van der Waals surface area contributed by atoms with Crippen molar-refractivity contribution in [3.63, 3.8) is 0 Å². The van der Waals surface area contributed by atoms with Gasteiger partial charge in [0.25, 0.3) is 0 Å². The van der Waals surface area contributed by atoms with Crippen LogP contribution in [-0.4, -0.2) is 34.7 Å². The molecular weight excluding hydrogens is 393 g/mol. The standard InChI is InChI=1S/C22H23N3O4.Na/c1-2-21(18-7-4-8-19(16-18)25-11-5-10-23-25)24-29-13-12-28-20-9-3-6-17(14-20)15-22(26)27;/h3-11,14,16H,2,12-13,15H2,1H3,(H,26,27);/q;+1/p-1/b24-21+;. The second-order valence-electron chi connectivity index (χ2n) is 6.27. The molecule has 0 aliphatic heterocycles. The van der Waals surface area contributed by atoms with E-state index in [-0.39, 0.29) is 42.6 Å². The van der Waals surface area contributed by atoms with Crippen LogP contribution in [0.3, 0.4) is 0 Å². The summed E-state index contributed by atoms with van der Waals surface area (Å²) in [6.45, 7) is 2.58. The number of aromatic nitrogens is 2. The smallest absolute Gasteiger partial charge is 0.550 e. The molecule has 0 saturated carbocycles. The summed E-state index contributed by atoms with van der Waals surface area (Å²) < 4.78 is 7.39. The Bertz CT molecular complexity index is 974. The van der Waals surface area contributed by atoms with Crippen molar-refractivity contribution in [1.29, 1.82) is 0 Å². The number of nitrogens with zero attached hydrogens (tertiary/aromatic N) is 3. The quantitative estimate of drug-likeness (QED) is 0.191. The van der Waals surface area contributed by atoms with Crippen LogP contribution in [0.5, 0.6) is 5.75 Å². The van der Waals surface area contributed by atoms with E-state index in [0.29, 0.717) is 24.3 Å². The number of carbonyl (C=O) groups excluding carboxylic acids is 1. The van der Waals surface area contributed by atoms with Crippen LogP contribution in [0.2, 0.25) is 0 Å². The summed E-state index contributed by atoms with van der Waals surface area (Å²) in [5, 5.41) is 19.2. The molecule has 0 spiro atoms. The molecule has 3 rings (SSSR count). The second-order valence-corrected chi connectivity index (χ2v) is 6.27. The van der Waals surface area contributed by atoms with Crippen LogP contribution in [0, 0.1) is 0 Å². The maximum Gasteiger partial charge on any atom is 1.00 e. The Hall–Kier alpha value is -2.61. The van der Waals surface area contributed by atoms with Gasteiger partial charge in [0.1, 0.15) is 12.4 Å². The minimum Gasteiger partial charge on any atom is -0.550 e. The molecule has 0 bridgehead atoms. The van der Waals surface area contributed by atoms with Crippen LogP contribution in [0.4, 0.5) is 0 Å². The molecule has 150 valence electrons. The molecule has 0 N–H and O–H groups in total. The number of carbonyl (C=O) groups is 1. The second kappa shape index (κ2) is 12.2. The maximum absolute atomic E-state index is 10.7. The van der Waals surface area contributed by atoms with E-state index in [1.807, 2.05) is 43.5 Å². The van der Waals surface area contributed by atoms with E-state index >= 15 is 0 Å². The van der Waals surface area contributed by atoms with Gasteiger partial charge in [-0.3, -0.25) is 0 Å².